The standard InChI is InChI=1S/C44H26N4/c1-46-32-21-23-39-38-16-3-7-18-41(38)47(44(39)27-32)33-22-24-34(31(26-33)28-45)29-11-10-12-30(25-29)35-13-2-6-17-40(35)48-42-19-8-4-14-36(42)37-15-5-9-20-43(37)48/h2-27H. The van der Waals surface area contributed by atoms with Crippen LogP contribution in [0.15, 0.2) is 158 Å². The van der Waals surface area contributed by atoms with Gasteiger partial charge in [-0.05, 0) is 65.2 Å². The van der Waals surface area contributed by atoms with Gasteiger partial charge in [0.15, 0.2) is 5.69 Å². The topological polar surface area (TPSA) is 38.0 Å². The smallest absolute Gasteiger partial charge is 0.189 e. The number of fused-ring (bicyclic) bond motifs is 6. The Bertz CT molecular complexity index is 2760. The van der Waals surface area contributed by atoms with Crippen molar-refractivity contribution in [1.82, 2.24) is 9.13 Å². The molecule has 0 atom stereocenters. The van der Waals surface area contributed by atoms with Crippen molar-refractivity contribution in [1.29, 1.82) is 5.26 Å². The fraction of sp³-hybridized carbons (Fsp3) is 0. The largest absolute Gasteiger partial charge is 0.310 e. The zero-order valence-electron chi connectivity index (χ0n) is 25.8. The fourth-order valence-electron chi connectivity index (χ4n) is 7.27. The lowest BCUT2D eigenvalue weighted by molar-refractivity contribution is 1.18. The van der Waals surface area contributed by atoms with E-state index in [2.05, 4.69) is 135 Å². The van der Waals surface area contributed by atoms with Crippen LogP contribution in [0.3, 0.4) is 0 Å². The van der Waals surface area contributed by atoms with Crippen LogP contribution < -0.4 is 0 Å². The molecule has 0 spiro atoms. The van der Waals surface area contributed by atoms with Gasteiger partial charge in [0.2, 0.25) is 0 Å². The minimum absolute atomic E-state index is 0.585. The molecule has 0 bridgehead atoms. The second kappa shape index (κ2) is 10.9. The number of hydrogen-bond donors (Lipinski definition) is 0. The van der Waals surface area contributed by atoms with E-state index < -0.39 is 0 Å². The summed E-state index contributed by atoms with van der Waals surface area (Å²) in [5, 5.41) is 15.1. The van der Waals surface area contributed by atoms with E-state index in [9.17, 15) is 5.26 Å². The van der Waals surface area contributed by atoms with Crippen molar-refractivity contribution in [3.05, 3.63) is 175 Å². The van der Waals surface area contributed by atoms with Crippen molar-refractivity contribution in [3.63, 3.8) is 0 Å². The van der Waals surface area contributed by atoms with Gasteiger partial charge in [0, 0.05) is 38.3 Å². The first-order valence-corrected chi connectivity index (χ1v) is 15.9. The van der Waals surface area contributed by atoms with E-state index in [0.29, 0.717) is 11.3 Å². The minimum atomic E-state index is 0.585. The Morgan fingerprint density at radius 3 is 1.73 bits per heavy atom. The molecule has 2 heterocycles. The Morgan fingerprint density at radius 2 is 1.06 bits per heavy atom. The normalized spacial score (nSPS) is 11.3. The van der Waals surface area contributed by atoms with Crippen molar-refractivity contribution in [2.24, 2.45) is 0 Å². The summed E-state index contributed by atoms with van der Waals surface area (Å²) < 4.78 is 4.51. The summed E-state index contributed by atoms with van der Waals surface area (Å²) >= 11 is 0. The van der Waals surface area contributed by atoms with Crippen molar-refractivity contribution in [2.75, 3.05) is 0 Å². The van der Waals surface area contributed by atoms with Gasteiger partial charge in [0.05, 0.1) is 40.4 Å². The van der Waals surface area contributed by atoms with Crippen LogP contribution in [-0.4, -0.2) is 9.13 Å². The Balaban J connectivity index is 1.19. The summed E-state index contributed by atoms with van der Waals surface area (Å²) in [5.74, 6) is 0. The first-order chi connectivity index (χ1) is 23.7. The number of aromatic nitrogens is 2. The molecular formula is C44H26N4. The maximum atomic E-state index is 10.5. The Morgan fingerprint density at radius 1 is 0.479 bits per heavy atom. The molecule has 4 heteroatoms. The van der Waals surface area contributed by atoms with E-state index in [-0.39, 0.29) is 0 Å². The highest BCUT2D eigenvalue weighted by Crippen LogP contribution is 2.39. The second-order valence-corrected chi connectivity index (χ2v) is 12.0. The highest BCUT2D eigenvalue weighted by Gasteiger charge is 2.17. The van der Waals surface area contributed by atoms with Crippen LogP contribution in [0.1, 0.15) is 5.56 Å². The third-order valence-electron chi connectivity index (χ3n) is 9.38. The van der Waals surface area contributed by atoms with Gasteiger partial charge in [0.1, 0.15) is 0 Å². The van der Waals surface area contributed by atoms with Gasteiger partial charge in [-0.25, -0.2) is 4.85 Å². The molecule has 9 aromatic rings. The Kier molecular flexibility index (Phi) is 6.22. The van der Waals surface area contributed by atoms with Crippen molar-refractivity contribution >= 4 is 49.3 Å². The van der Waals surface area contributed by atoms with Gasteiger partial charge in [-0.15, -0.1) is 0 Å². The number of benzene rings is 7. The summed E-state index contributed by atoms with van der Waals surface area (Å²) in [5.41, 5.74) is 11.5. The molecule has 0 fully saturated rings. The molecule has 0 N–H and O–H groups in total. The molecule has 4 nitrogen and oxygen atoms in total. The van der Waals surface area contributed by atoms with Gasteiger partial charge < -0.3 is 9.13 Å². The Labute approximate surface area is 277 Å². The van der Waals surface area contributed by atoms with Crippen LogP contribution in [0.4, 0.5) is 5.69 Å². The predicted molar refractivity (Wildman–Crippen MR) is 197 cm³/mol. The third-order valence-corrected chi connectivity index (χ3v) is 9.38. The molecule has 0 unspecified atom stereocenters. The summed E-state index contributed by atoms with van der Waals surface area (Å²) in [6, 6.07) is 56.8. The molecule has 9 rings (SSSR count). The van der Waals surface area contributed by atoms with Crippen LogP contribution in [0.5, 0.6) is 0 Å². The SMILES string of the molecule is [C-]#[N+]c1ccc2c3ccccc3n(-c3ccc(-c4cccc(-c5ccccc5-n5c6ccccc6c6ccccc65)c4)c(C#N)c3)c2c1. The van der Waals surface area contributed by atoms with E-state index in [4.69, 9.17) is 6.57 Å². The van der Waals surface area contributed by atoms with Gasteiger partial charge in [-0.1, -0.05) is 109 Å². The molecule has 7 aromatic carbocycles. The van der Waals surface area contributed by atoms with Crippen molar-refractivity contribution in [2.45, 2.75) is 0 Å². The van der Waals surface area contributed by atoms with Crippen molar-refractivity contribution in [3.8, 4) is 39.7 Å². The molecule has 0 aliphatic rings. The highest BCUT2D eigenvalue weighted by atomic mass is 15.0. The average Bonchev–Trinajstić information content (AvgIpc) is 3.67. The molecule has 0 amide bonds. The van der Waals surface area contributed by atoms with Gasteiger partial charge in [0.25, 0.3) is 0 Å². The molecule has 0 saturated carbocycles. The van der Waals surface area contributed by atoms with Crippen LogP contribution >= 0.6 is 0 Å². The van der Waals surface area contributed by atoms with Crippen LogP contribution in [0.25, 0.3) is 82.1 Å². The summed E-state index contributed by atoms with van der Waals surface area (Å²) in [6.07, 6.45) is 0. The van der Waals surface area contributed by atoms with E-state index in [1.54, 1.807) is 0 Å². The summed E-state index contributed by atoms with van der Waals surface area (Å²) in [7, 11) is 0. The molecular weight excluding hydrogens is 585 g/mol. The maximum Gasteiger partial charge on any atom is 0.189 e. The molecule has 0 aliphatic carbocycles. The number of rotatable bonds is 4. The molecule has 222 valence electrons. The lowest BCUT2D eigenvalue weighted by Crippen LogP contribution is -1.97. The zero-order chi connectivity index (χ0) is 32.2. The zero-order valence-corrected chi connectivity index (χ0v) is 25.8. The fourth-order valence-corrected chi connectivity index (χ4v) is 7.27. The van der Waals surface area contributed by atoms with E-state index >= 15 is 0 Å². The average molecular weight is 611 g/mol. The summed E-state index contributed by atoms with van der Waals surface area (Å²) in [4.78, 5) is 3.68. The minimum Gasteiger partial charge on any atom is -0.310 e. The van der Waals surface area contributed by atoms with Gasteiger partial charge >= 0.3 is 0 Å². The lowest BCUT2D eigenvalue weighted by Gasteiger charge is -2.15. The van der Waals surface area contributed by atoms with E-state index in [1.165, 1.54) is 21.8 Å². The van der Waals surface area contributed by atoms with Crippen LogP contribution in [0, 0.1) is 17.9 Å². The lowest BCUT2D eigenvalue weighted by atomic mass is 9.95. The number of nitrogens with zero attached hydrogens (tertiary/aromatic N) is 4. The maximum absolute atomic E-state index is 10.5. The molecule has 2 aromatic heterocycles. The Hall–Kier alpha value is -6.88. The quantitative estimate of drug-likeness (QED) is 0.183. The highest BCUT2D eigenvalue weighted by molar-refractivity contribution is 6.11. The first-order valence-electron chi connectivity index (χ1n) is 15.9. The number of para-hydroxylation sites is 4. The molecule has 0 radical (unpaired) electrons. The van der Waals surface area contributed by atoms with Crippen molar-refractivity contribution < 1.29 is 0 Å². The number of hydrogen-bond acceptors (Lipinski definition) is 1. The first kappa shape index (κ1) is 27.4. The summed E-state index contributed by atoms with van der Waals surface area (Å²) in [6.45, 7) is 7.59. The molecule has 0 saturated heterocycles. The molecule has 48 heavy (non-hydrogen) atoms. The third kappa shape index (κ3) is 4.14. The van der Waals surface area contributed by atoms with E-state index in [1.807, 2.05) is 42.5 Å². The van der Waals surface area contributed by atoms with Gasteiger partial charge in [-0.2, -0.15) is 5.26 Å². The second-order valence-electron chi connectivity index (χ2n) is 12.0. The predicted octanol–water partition coefficient (Wildman–Crippen LogP) is 11.6. The number of nitriles is 1. The van der Waals surface area contributed by atoms with Crippen LogP contribution in [-0.2, 0) is 0 Å². The van der Waals surface area contributed by atoms with Crippen LogP contribution in [0.2, 0.25) is 0 Å². The van der Waals surface area contributed by atoms with Gasteiger partial charge in [-0.3, -0.25) is 0 Å². The van der Waals surface area contributed by atoms with E-state index in [0.717, 1.165) is 55.4 Å². The monoisotopic (exact) mass is 610 g/mol. The molecule has 0 aliphatic heterocycles.